The summed E-state index contributed by atoms with van der Waals surface area (Å²) in [6.45, 7) is 4.51. The maximum atomic E-state index is 13.0. The van der Waals surface area contributed by atoms with Gasteiger partial charge in [-0.05, 0) is 135 Å². The van der Waals surface area contributed by atoms with E-state index in [0.29, 0.717) is 17.4 Å². The van der Waals surface area contributed by atoms with Gasteiger partial charge in [-0.15, -0.1) is 0 Å². The number of carbonyl (C=O) groups excluding carboxylic acids is 3. The molecule has 0 aromatic carbocycles. The molecule has 0 fully saturated rings. The van der Waals surface area contributed by atoms with Gasteiger partial charge in [0.1, 0.15) is 13.2 Å². The molecule has 0 amide bonds. The van der Waals surface area contributed by atoms with Gasteiger partial charge in [-0.25, -0.2) is 0 Å². The van der Waals surface area contributed by atoms with Gasteiger partial charge in [0.15, 0.2) is 12.4 Å². The molecule has 548 valence electrons. The highest BCUT2D eigenvalue weighted by atomic mass is 16.7. The number of nitrogens with zero attached hydrogens (tertiary/aromatic N) is 1. The van der Waals surface area contributed by atoms with E-state index in [1.165, 1.54) is 122 Å². The number of esters is 2. The second-order valence-electron chi connectivity index (χ2n) is 26.5. The van der Waals surface area contributed by atoms with Crippen molar-refractivity contribution in [2.45, 2.75) is 309 Å². The number of carboxylic acids is 1. The summed E-state index contributed by atoms with van der Waals surface area (Å²) >= 11 is 0. The molecule has 0 aliphatic carbocycles. The largest absolute Gasteiger partial charge is 0.545 e. The molecular weight excluding hydrogens is 1200 g/mol. The Hall–Kier alpha value is -5.61. The Morgan fingerprint density at radius 1 is 0.309 bits per heavy atom. The Kier molecular flexibility index (Phi) is 71.7. The van der Waals surface area contributed by atoms with Crippen LogP contribution in [0.4, 0.5) is 0 Å². The lowest BCUT2D eigenvalue weighted by Crippen LogP contribution is -2.44. The van der Waals surface area contributed by atoms with Crippen LogP contribution in [0.5, 0.6) is 0 Å². The molecule has 0 saturated heterocycles. The number of carboxylic acid groups (broad SMARTS) is 1. The van der Waals surface area contributed by atoms with Crippen molar-refractivity contribution < 1.29 is 42.9 Å². The molecule has 0 aliphatic rings. The summed E-state index contributed by atoms with van der Waals surface area (Å²) in [6, 6.07) is 0. The third-order valence-corrected chi connectivity index (χ3v) is 16.1. The molecule has 0 aromatic heterocycles. The van der Waals surface area contributed by atoms with Crippen molar-refractivity contribution in [1.29, 1.82) is 0 Å². The van der Waals surface area contributed by atoms with Gasteiger partial charge >= 0.3 is 11.9 Å². The van der Waals surface area contributed by atoms with Crippen molar-refractivity contribution in [3.05, 3.63) is 182 Å². The van der Waals surface area contributed by atoms with Gasteiger partial charge in [-0.3, -0.25) is 9.59 Å². The van der Waals surface area contributed by atoms with E-state index in [-0.39, 0.29) is 38.6 Å². The standard InChI is InChI=1S/C88H143NO8/c1-6-8-10-12-14-16-18-20-22-24-26-28-30-32-34-36-38-40-42-43-45-47-49-51-53-55-57-59-61-63-65-67-69-71-73-75-77-79-86(91)97-84(83-96-88(87(92)93)94-81-80-89(3,4)5)82-95-85(90)78-76-74-72-70-68-66-64-62-60-58-56-54-52-50-48-46-44-41-39-37-35-33-31-29-27-25-23-21-19-17-15-13-11-9-7-2/h8-11,14-17,20-23,26-29,32-35,38-41,43,45,49,51,55,57,84,88H,6-7,12-13,18-19,24-25,30-31,36-37,42,44,46-48,50,52-54,56,58-83H2,1-5H3/b10-8-,11-9-,16-14-,17-15-,22-20-,23-21-,28-26-,29-27-,34-32-,35-33-,40-38-,41-39-,45-43-,51-49-,57-55-. The van der Waals surface area contributed by atoms with Crippen molar-refractivity contribution in [1.82, 2.24) is 0 Å². The van der Waals surface area contributed by atoms with Crippen molar-refractivity contribution >= 4 is 17.9 Å². The Morgan fingerprint density at radius 2 is 0.557 bits per heavy atom. The number of aliphatic carboxylic acids is 1. The molecule has 0 saturated carbocycles. The number of allylic oxidation sites excluding steroid dienone is 30. The number of hydrogen-bond acceptors (Lipinski definition) is 8. The van der Waals surface area contributed by atoms with Gasteiger partial charge in [0.05, 0.1) is 40.3 Å². The molecule has 9 nitrogen and oxygen atoms in total. The molecule has 0 heterocycles. The van der Waals surface area contributed by atoms with E-state index < -0.39 is 24.3 Å². The van der Waals surface area contributed by atoms with E-state index >= 15 is 0 Å². The quantitative estimate of drug-likeness (QED) is 0.0195. The van der Waals surface area contributed by atoms with Gasteiger partial charge < -0.3 is 33.3 Å². The molecular formula is C88H143NO8. The summed E-state index contributed by atoms with van der Waals surface area (Å²) in [5, 5.41) is 11.9. The first-order valence-electron chi connectivity index (χ1n) is 38.9. The van der Waals surface area contributed by atoms with Crippen LogP contribution in [0.3, 0.4) is 0 Å². The fraction of sp³-hybridized carbons (Fsp3) is 0.625. The zero-order valence-electron chi connectivity index (χ0n) is 62.6. The SMILES string of the molecule is CC/C=C\C/C=C\C/C=C\C/C=C\C/C=C\C/C=C\C/C=C\C/C=C\C/C=C\CCCCCCCCCCCC(=O)OC(COC(=O)CCCCCCCCCCCCCCCCCC/C=C\C/C=C\C/C=C\C/C=C\C/C=C\C/C=C\CC)COC(OCC[N+](C)(C)C)C(=O)[O-]. The first-order chi connectivity index (χ1) is 47.6. The lowest BCUT2D eigenvalue weighted by Gasteiger charge is -2.26. The average molecular weight is 1340 g/mol. The topological polar surface area (TPSA) is 111 Å². The van der Waals surface area contributed by atoms with Crippen LogP contribution in [-0.2, 0) is 33.3 Å². The number of likely N-dealkylation sites (N-methyl/N-ethyl adjacent to an activating group) is 1. The minimum Gasteiger partial charge on any atom is -0.545 e. The molecule has 0 spiro atoms. The van der Waals surface area contributed by atoms with Crippen molar-refractivity contribution in [2.24, 2.45) is 0 Å². The number of ether oxygens (including phenoxy) is 4. The summed E-state index contributed by atoms with van der Waals surface area (Å²) in [5.74, 6) is -2.30. The highest BCUT2D eigenvalue weighted by Gasteiger charge is 2.22. The van der Waals surface area contributed by atoms with Crippen molar-refractivity contribution in [2.75, 3.05) is 47.5 Å². The summed E-state index contributed by atoms with van der Waals surface area (Å²) in [6.07, 6.45) is 113. The average Bonchev–Trinajstić information content (AvgIpc) is 3.11. The fourth-order valence-electron chi connectivity index (χ4n) is 10.3. The third-order valence-electron chi connectivity index (χ3n) is 16.1. The summed E-state index contributed by atoms with van der Waals surface area (Å²) in [7, 11) is 5.93. The van der Waals surface area contributed by atoms with E-state index in [9.17, 15) is 19.5 Å². The Morgan fingerprint density at radius 3 is 0.825 bits per heavy atom. The normalized spacial score (nSPS) is 13.7. The molecule has 0 rings (SSSR count). The fourth-order valence-corrected chi connectivity index (χ4v) is 10.3. The minimum absolute atomic E-state index is 0.139. The highest BCUT2D eigenvalue weighted by molar-refractivity contribution is 5.70. The molecule has 2 unspecified atom stereocenters. The first-order valence-corrected chi connectivity index (χ1v) is 38.9. The summed E-state index contributed by atoms with van der Waals surface area (Å²) in [4.78, 5) is 37.6. The lowest BCUT2D eigenvalue weighted by atomic mass is 10.0. The Balaban J connectivity index is 4.12. The van der Waals surface area contributed by atoms with Crippen LogP contribution in [0.15, 0.2) is 182 Å². The van der Waals surface area contributed by atoms with E-state index in [4.69, 9.17) is 18.9 Å². The van der Waals surface area contributed by atoms with Gasteiger partial charge in [-0.2, -0.15) is 0 Å². The van der Waals surface area contributed by atoms with Gasteiger partial charge in [0.2, 0.25) is 0 Å². The molecule has 9 heteroatoms. The van der Waals surface area contributed by atoms with Gasteiger partial charge in [0, 0.05) is 12.8 Å². The molecule has 2 atom stereocenters. The second-order valence-corrected chi connectivity index (χ2v) is 26.5. The van der Waals surface area contributed by atoms with Crippen LogP contribution in [0.25, 0.3) is 0 Å². The first kappa shape index (κ1) is 91.4. The number of rotatable bonds is 70. The Bertz CT molecular complexity index is 2260. The van der Waals surface area contributed by atoms with Crippen molar-refractivity contribution in [3.8, 4) is 0 Å². The van der Waals surface area contributed by atoms with Gasteiger partial charge in [0.25, 0.3) is 0 Å². The minimum atomic E-state index is -1.63. The molecule has 0 aromatic rings. The lowest BCUT2D eigenvalue weighted by molar-refractivity contribution is -0.870. The molecule has 97 heavy (non-hydrogen) atoms. The smallest absolute Gasteiger partial charge is 0.306 e. The maximum Gasteiger partial charge on any atom is 0.306 e. The van der Waals surface area contributed by atoms with Crippen molar-refractivity contribution in [3.63, 3.8) is 0 Å². The van der Waals surface area contributed by atoms with Crippen LogP contribution < -0.4 is 5.11 Å². The van der Waals surface area contributed by atoms with E-state index in [1.54, 1.807) is 0 Å². The molecule has 0 radical (unpaired) electrons. The zero-order valence-corrected chi connectivity index (χ0v) is 62.6. The number of unbranched alkanes of at least 4 members (excludes halogenated alkanes) is 25. The van der Waals surface area contributed by atoms with E-state index in [2.05, 4.69) is 196 Å². The number of hydrogen-bond donors (Lipinski definition) is 0. The van der Waals surface area contributed by atoms with Crippen LogP contribution >= 0.6 is 0 Å². The Labute approximate surface area is 596 Å². The summed E-state index contributed by atoms with van der Waals surface area (Å²) in [5.41, 5.74) is 0. The predicted octanol–water partition coefficient (Wildman–Crippen LogP) is 23.8. The van der Waals surface area contributed by atoms with Crippen LogP contribution in [-0.4, -0.2) is 82.3 Å². The number of carbonyl (C=O) groups is 3. The second kappa shape index (κ2) is 76.1. The van der Waals surface area contributed by atoms with E-state index in [1.807, 2.05) is 21.1 Å². The molecule has 0 bridgehead atoms. The summed E-state index contributed by atoms with van der Waals surface area (Å²) < 4.78 is 22.8. The molecule has 0 N–H and O–H groups in total. The van der Waals surface area contributed by atoms with Crippen LogP contribution in [0.1, 0.15) is 296 Å². The monoisotopic (exact) mass is 1340 g/mol. The number of quaternary nitrogens is 1. The zero-order chi connectivity index (χ0) is 70.4. The van der Waals surface area contributed by atoms with Crippen LogP contribution in [0, 0.1) is 0 Å². The highest BCUT2D eigenvalue weighted by Crippen LogP contribution is 2.17. The maximum absolute atomic E-state index is 13.0. The van der Waals surface area contributed by atoms with Gasteiger partial charge in [-0.1, -0.05) is 331 Å². The predicted molar refractivity (Wildman–Crippen MR) is 416 cm³/mol. The third kappa shape index (κ3) is 77.6. The van der Waals surface area contributed by atoms with Crippen LogP contribution in [0.2, 0.25) is 0 Å². The van der Waals surface area contributed by atoms with E-state index in [0.717, 1.165) is 141 Å². The molecule has 0 aliphatic heterocycles.